The molecule has 1 aromatic rings. The molecule has 0 aliphatic carbocycles. The zero-order valence-electron chi connectivity index (χ0n) is 9.82. The highest BCUT2D eigenvalue weighted by Crippen LogP contribution is 2.23. The van der Waals surface area contributed by atoms with Crippen LogP contribution in [0.5, 0.6) is 0 Å². The molecule has 1 rings (SSSR count). The molecule has 4 heteroatoms. The van der Waals surface area contributed by atoms with E-state index in [9.17, 15) is 0 Å². The van der Waals surface area contributed by atoms with E-state index in [-0.39, 0.29) is 6.04 Å². The lowest BCUT2D eigenvalue weighted by Crippen LogP contribution is -2.28. The van der Waals surface area contributed by atoms with E-state index in [1.165, 1.54) is 4.90 Å². The molecule has 0 aromatic carbocycles. The molecule has 1 heterocycles. The van der Waals surface area contributed by atoms with E-state index >= 15 is 0 Å². The molecule has 0 radical (unpaired) electrons. The van der Waals surface area contributed by atoms with Gasteiger partial charge in [-0.05, 0) is 32.4 Å². The summed E-state index contributed by atoms with van der Waals surface area (Å²) in [5, 5.41) is 12.1. The highest BCUT2D eigenvalue weighted by molar-refractivity contribution is 7.99. The lowest BCUT2D eigenvalue weighted by Gasteiger charge is -2.09. The topological polar surface area (TPSA) is 49.0 Å². The smallest absolute Gasteiger partial charge is 0.114 e. The maximum absolute atomic E-state index is 8.92. The number of hydrogen-bond acceptors (Lipinski definition) is 4. The molecule has 0 fully saturated rings. The molecule has 0 spiro atoms. The normalized spacial score (nSPS) is 12.3. The predicted molar refractivity (Wildman–Crippen MR) is 66.5 cm³/mol. The molecule has 0 aliphatic rings. The van der Waals surface area contributed by atoms with Gasteiger partial charge in [0.25, 0.3) is 0 Å². The minimum absolute atomic E-state index is 0.0281. The van der Waals surface area contributed by atoms with Crippen LogP contribution >= 0.6 is 11.8 Å². The first-order valence-corrected chi connectivity index (χ1v) is 6.56. The van der Waals surface area contributed by atoms with Gasteiger partial charge in [0, 0.05) is 10.6 Å². The monoisotopic (exact) mass is 238 g/mol. The Morgan fingerprint density at radius 2 is 2.44 bits per heavy atom. The Hall–Kier alpha value is -0.920. The molecule has 3 nitrogen and oxygen atoms in total. The summed E-state index contributed by atoms with van der Waals surface area (Å²) in [6, 6.07) is 4.23. The number of nitrogens with one attached hydrogen (secondary N) is 1. The van der Waals surface area contributed by atoms with Crippen LogP contribution in [0.25, 0.3) is 0 Å². The fourth-order valence-corrected chi connectivity index (χ4v) is 2.32. The first kappa shape index (κ1) is 13.1. The lowest BCUT2D eigenvalue weighted by atomic mass is 10.2. The fourth-order valence-electron chi connectivity index (χ4n) is 1.34. The molecule has 0 saturated heterocycles. The van der Waals surface area contributed by atoms with E-state index in [0.717, 1.165) is 30.9 Å². The Morgan fingerprint density at radius 1 is 1.62 bits per heavy atom. The van der Waals surface area contributed by atoms with E-state index in [1.54, 1.807) is 18.0 Å². The summed E-state index contributed by atoms with van der Waals surface area (Å²) in [7, 11) is 0. The van der Waals surface area contributed by atoms with Gasteiger partial charge in [0.2, 0.25) is 0 Å². The average Bonchev–Trinajstić information content (AvgIpc) is 2.69. The van der Waals surface area contributed by atoms with Crippen molar-refractivity contribution in [3.8, 4) is 6.07 Å². The second-order valence-corrected chi connectivity index (χ2v) is 4.75. The van der Waals surface area contributed by atoms with E-state index in [2.05, 4.69) is 18.3 Å². The minimum atomic E-state index is -0.0281. The van der Waals surface area contributed by atoms with Crippen LogP contribution in [-0.2, 0) is 0 Å². The van der Waals surface area contributed by atoms with Crippen LogP contribution < -0.4 is 5.32 Å². The highest BCUT2D eigenvalue weighted by atomic mass is 32.2. The van der Waals surface area contributed by atoms with Gasteiger partial charge in [0.15, 0.2) is 0 Å². The number of furan rings is 1. The number of rotatable bonds is 7. The summed E-state index contributed by atoms with van der Waals surface area (Å²) in [5.74, 6) is 1.90. The third kappa shape index (κ3) is 4.30. The van der Waals surface area contributed by atoms with Crippen LogP contribution in [0, 0.1) is 18.3 Å². The third-order valence-corrected chi connectivity index (χ3v) is 3.45. The Balaban J connectivity index is 2.24. The zero-order valence-corrected chi connectivity index (χ0v) is 10.6. The van der Waals surface area contributed by atoms with Crippen molar-refractivity contribution < 1.29 is 4.42 Å². The number of nitriles is 1. The first-order chi connectivity index (χ1) is 7.77. The van der Waals surface area contributed by atoms with Gasteiger partial charge in [-0.3, -0.25) is 0 Å². The maximum atomic E-state index is 8.92. The average molecular weight is 238 g/mol. The van der Waals surface area contributed by atoms with Crippen LogP contribution in [0.4, 0.5) is 0 Å². The van der Waals surface area contributed by atoms with Crippen LogP contribution in [0.3, 0.4) is 0 Å². The Morgan fingerprint density at radius 3 is 3.00 bits per heavy atom. The molecule has 0 aliphatic heterocycles. The van der Waals surface area contributed by atoms with Gasteiger partial charge in [-0.1, -0.05) is 6.92 Å². The van der Waals surface area contributed by atoms with Crippen LogP contribution in [0.2, 0.25) is 0 Å². The van der Waals surface area contributed by atoms with Crippen LogP contribution in [-0.4, -0.2) is 18.3 Å². The van der Waals surface area contributed by atoms with Gasteiger partial charge in [-0.2, -0.15) is 5.26 Å². The van der Waals surface area contributed by atoms with E-state index in [0.29, 0.717) is 0 Å². The predicted octanol–water partition coefficient (Wildman–Crippen LogP) is 2.96. The minimum Gasteiger partial charge on any atom is -0.468 e. The summed E-state index contributed by atoms with van der Waals surface area (Å²) in [5.41, 5.74) is 0. The van der Waals surface area contributed by atoms with Gasteiger partial charge in [-0.15, -0.1) is 11.8 Å². The quantitative estimate of drug-likeness (QED) is 0.742. The lowest BCUT2D eigenvalue weighted by molar-refractivity contribution is 0.526. The fraction of sp³-hybridized carbons (Fsp3) is 0.583. The molecule has 16 heavy (non-hydrogen) atoms. The van der Waals surface area contributed by atoms with Gasteiger partial charge in [0.1, 0.15) is 5.76 Å². The summed E-state index contributed by atoms with van der Waals surface area (Å²) >= 11 is 1.75. The SMILES string of the molecule is CCCNC(C#N)CCSc1ccoc1C. The largest absolute Gasteiger partial charge is 0.468 e. The van der Waals surface area contributed by atoms with Crippen molar-refractivity contribution in [1.82, 2.24) is 5.32 Å². The number of aryl methyl sites for hydroxylation is 1. The molecule has 0 amide bonds. The third-order valence-electron chi connectivity index (χ3n) is 2.27. The Kier molecular flexibility index (Phi) is 6.05. The molecule has 88 valence electrons. The maximum Gasteiger partial charge on any atom is 0.114 e. The zero-order chi connectivity index (χ0) is 11.8. The molecule has 0 bridgehead atoms. The highest BCUT2D eigenvalue weighted by Gasteiger charge is 2.07. The van der Waals surface area contributed by atoms with E-state index in [1.807, 2.05) is 13.0 Å². The van der Waals surface area contributed by atoms with Crippen molar-refractivity contribution in [2.75, 3.05) is 12.3 Å². The number of thioether (sulfide) groups is 1. The second kappa shape index (κ2) is 7.37. The standard InChI is InChI=1S/C12H18N2OS/c1-3-6-14-11(9-13)5-8-16-12-4-7-15-10(12)2/h4,7,11,14H,3,5-6,8H2,1-2H3. The van der Waals surface area contributed by atoms with Crippen molar-refractivity contribution in [2.45, 2.75) is 37.6 Å². The summed E-state index contributed by atoms with van der Waals surface area (Å²) in [6.45, 7) is 4.97. The van der Waals surface area contributed by atoms with Gasteiger partial charge in [0.05, 0.1) is 18.4 Å². The summed E-state index contributed by atoms with van der Waals surface area (Å²) < 4.78 is 5.21. The van der Waals surface area contributed by atoms with Crippen LogP contribution in [0.15, 0.2) is 21.6 Å². The molecule has 1 N–H and O–H groups in total. The summed E-state index contributed by atoms with van der Waals surface area (Å²) in [6.07, 6.45) is 3.63. The van der Waals surface area contributed by atoms with E-state index < -0.39 is 0 Å². The number of hydrogen-bond donors (Lipinski definition) is 1. The first-order valence-electron chi connectivity index (χ1n) is 5.57. The Labute approximate surface area is 101 Å². The molecule has 1 atom stereocenters. The van der Waals surface area contributed by atoms with Crippen molar-refractivity contribution in [1.29, 1.82) is 5.26 Å². The second-order valence-electron chi connectivity index (χ2n) is 3.61. The van der Waals surface area contributed by atoms with Crippen molar-refractivity contribution in [2.24, 2.45) is 0 Å². The van der Waals surface area contributed by atoms with Gasteiger partial charge >= 0.3 is 0 Å². The van der Waals surface area contributed by atoms with Crippen molar-refractivity contribution in [3.05, 3.63) is 18.1 Å². The van der Waals surface area contributed by atoms with E-state index in [4.69, 9.17) is 9.68 Å². The van der Waals surface area contributed by atoms with Gasteiger partial charge < -0.3 is 9.73 Å². The van der Waals surface area contributed by atoms with Gasteiger partial charge in [-0.25, -0.2) is 0 Å². The van der Waals surface area contributed by atoms with Crippen molar-refractivity contribution >= 4 is 11.8 Å². The molecular weight excluding hydrogens is 220 g/mol. The van der Waals surface area contributed by atoms with Crippen molar-refractivity contribution in [3.63, 3.8) is 0 Å². The summed E-state index contributed by atoms with van der Waals surface area (Å²) in [4.78, 5) is 1.17. The Bertz CT molecular complexity index is 343. The molecular formula is C12H18N2OS. The number of nitrogens with zero attached hydrogens (tertiary/aromatic N) is 1. The molecule has 0 saturated carbocycles. The molecule has 1 unspecified atom stereocenters. The van der Waals surface area contributed by atoms with Crippen LogP contribution in [0.1, 0.15) is 25.5 Å². The molecule has 1 aromatic heterocycles.